The highest BCUT2D eigenvalue weighted by atomic mass is 16.6. The molecule has 1 unspecified atom stereocenters. The normalized spacial score (nSPS) is 14.5. The highest BCUT2D eigenvalue weighted by Crippen LogP contribution is 2.51. The summed E-state index contributed by atoms with van der Waals surface area (Å²) in [4.78, 5) is 40.2. The molecule has 2 aromatic rings. The largest absolute Gasteiger partial charge is 0.493 e. The van der Waals surface area contributed by atoms with Crippen LogP contribution in [0.5, 0.6) is 23.0 Å². The number of ether oxygens (including phenoxy) is 5. The van der Waals surface area contributed by atoms with Gasteiger partial charge in [-0.3, -0.25) is 9.59 Å². The van der Waals surface area contributed by atoms with E-state index < -0.39 is 23.6 Å². The second-order valence-electron chi connectivity index (χ2n) is 9.38. The molecule has 1 aliphatic carbocycles. The van der Waals surface area contributed by atoms with E-state index in [9.17, 15) is 14.4 Å². The number of hydrogen-bond donors (Lipinski definition) is 0. The molecule has 0 bridgehead atoms. The number of aryl methyl sites for hydroxylation is 1. The maximum absolute atomic E-state index is 13.2. The Bertz CT molecular complexity index is 1230. The standard InChI is InChI=1S/C27H33NO8/c1-15(29)28(26(31)36-27(2,3)4)19-11-9-16-13-22(33-6)24(34-7)25(35-8)23(16)17-10-12-21(32-5)20(30)14-18(17)19/h10,12-14,19H,9,11H2,1-8H3. The summed E-state index contributed by atoms with van der Waals surface area (Å²) in [5, 5.41) is 0. The summed E-state index contributed by atoms with van der Waals surface area (Å²) in [6.45, 7) is 6.48. The SMILES string of the molecule is COc1cc2c(c(OC)c1OC)-c1ccc(OC)c(=O)cc1C(N(C(C)=O)C(=O)OC(C)(C)C)CC2. The molecule has 0 aromatic heterocycles. The second kappa shape index (κ2) is 10.5. The van der Waals surface area contributed by atoms with Gasteiger partial charge in [-0.15, -0.1) is 0 Å². The van der Waals surface area contributed by atoms with E-state index >= 15 is 0 Å². The molecule has 0 N–H and O–H groups in total. The predicted molar refractivity (Wildman–Crippen MR) is 134 cm³/mol. The van der Waals surface area contributed by atoms with Crippen molar-refractivity contribution in [2.75, 3.05) is 28.4 Å². The van der Waals surface area contributed by atoms with Crippen LogP contribution in [0.25, 0.3) is 11.1 Å². The number of carbonyl (C=O) groups is 2. The summed E-state index contributed by atoms with van der Waals surface area (Å²) in [6, 6.07) is 5.76. The number of carbonyl (C=O) groups excluding carboxylic acids is 2. The Kier molecular flexibility index (Phi) is 7.81. The Morgan fingerprint density at radius 2 is 1.56 bits per heavy atom. The van der Waals surface area contributed by atoms with Crippen molar-refractivity contribution in [3.63, 3.8) is 0 Å². The highest BCUT2D eigenvalue weighted by molar-refractivity contribution is 5.92. The summed E-state index contributed by atoms with van der Waals surface area (Å²) < 4.78 is 27.8. The molecule has 0 saturated heterocycles. The molecule has 0 spiro atoms. The zero-order chi connectivity index (χ0) is 26.8. The van der Waals surface area contributed by atoms with Gasteiger partial charge in [0.05, 0.1) is 34.5 Å². The molecular formula is C27H33NO8. The zero-order valence-electron chi connectivity index (χ0n) is 22.0. The minimum absolute atomic E-state index is 0.120. The second-order valence-corrected chi connectivity index (χ2v) is 9.38. The van der Waals surface area contributed by atoms with Crippen LogP contribution in [0, 0.1) is 0 Å². The number of amides is 2. The molecule has 3 rings (SSSR count). The molecule has 1 atom stereocenters. The Hall–Kier alpha value is -3.75. The van der Waals surface area contributed by atoms with Crippen LogP contribution in [0.15, 0.2) is 29.1 Å². The van der Waals surface area contributed by atoms with Crippen LogP contribution >= 0.6 is 0 Å². The van der Waals surface area contributed by atoms with Crippen LogP contribution < -0.4 is 24.4 Å². The summed E-state index contributed by atoms with van der Waals surface area (Å²) in [6.07, 6.45) is 0.000856. The van der Waals surface area contributed by atoms with Gasteiger partial charge in [0, 0.05) is 12.5 Å². The maximum Gasteiger partial charge on any atom is 0.417 e. The van der Waals surface area contributed by atoms with E-state index in [0.717, 1.165) is 10.5 Å². The van der Waals surface area contributed by atoms with E-state index in [1.807, 2.05) is 6.07 Å². The molecule has 0 fully saturated rings. The summed E-state index contributed by atoms with van der Waals surface area (Å²) in [7, 11) is 5.97. The molecule has 0 saturated carbocycles. The van der Waals surface area contributed by atoms with Gasteiger partial charge in [-0.2, -0.15) is 0 Å². The van der Waals surface area contributed by atoms with E-state index in [2.05, 4.69) is 0 Å². The fourth-order valence-corrected chi connectivity index (χ4v) is 4.50. The first kappa shape index (κ1) is 26.8. The lowest BCUT2D eigenvalue weighted by atomic mass is 9.95. The molecule has 2 amide bonds. The lowest BCUT2D eigenvalue weighted by Crippen LogP contribution is -2.42. The molecule has 36 heavy (non-hydrogen) atoms. The fourth-order valence-electron chi connectivity index (χ4n) is 4.50. The molecule has 0 aliphatic heterocycles. The highest BCUT2D eigenvalue weighted by Gasteiger charge is 2.37. The van der Waals surface area contributed by atoms with Crippen molar-refractivity contribution in [2.24, 2.45) is 0 Å². The number of imide groups is 1. The Morgan fingerprint density at radius 1 is 0.917 bits per heavy atom. The molecule has 1 aliphatic rings. The molecule has 2 aromatic carbocycles. The average Bonchev–Trinajstić information content (AvgIpc) is 3.05. The van der Waals surface area contributed by atoms with Crippen molar-refractivity contribution < 1.29 is 33.3 Å². The van der Waals surface area contributed by atoms with Gasteiger partial charge in [-0.25, -0.2) is 9.69 Å². The summed E-state index contributed by atoms with van der Waals surface area (Å²) in [5.41, 5.74) is 1.38. The molecule has 9 heteroatoms. The van der Waals surface area contributed by atoms with Gasteiger partial charge in [-0.05, 0) is 68.5 Å². The first-order valence-corrected chi connectivity index (χ1v) is 11.5. The number of fused-ring (bicyclic) bond motifs is 3. The van der Waals surface area contributed by atoms with E-state index in [1.54, 1.807) is 32.9 Å². The van der Waals surface area contributed by atoms with E-state index in [-0.39, 0.29) is 11.2 Å². The van der Waals surface area contributed by atoms with E-state index in [0.29, 0.717) is 46.8 Å². The van der Waals surface area contributed by atoms with Crippen LogP contribution in [0.2, 0.25) is 0 Å². The molecule has 0 heterocycles. The van der Waals surface area contributed by atoms with Crippen molar-refractivity contribution in [3.05, 3.63) is 45.6 Å². The van der Waals surface area contributed by atoms with Gasteiger partial charge in [0.1, 0.15) is 5.60 Å². The van der Waals surface area contributed by atoms with Crippen molar-refractivity contribution in [2.45, 2.75) is 52.2 Å². The lowest BCUT2D eigenvalue weighted by molar-refractivity contribution is -0.130. The van der Waals surface area contributed by atoms with Crippen LogP contribution in [0.4, 0.5) is 4.79 Å². The van der Waals surface area contributed by atoms with Gasteiger partial charge in [0.15, 0.2) is 17.2 Å². The minimum Gasteiger partial charge on any atom is -0.493 e. The van der Waals surface area contributed by atoms with Crippen molar-refractivity contribution >= 4 is 12.0 Å². The third-order valence-corrected chi connectivity index (χ3v) is 5.93. The van der Waals surface area contributed by atoms with Gasteiger partial charge in [0.2, 0.25) is 17.1 Å². The first-order chi connectivity index (χ1) is 17.0. The fraction of sp³-hybridized carbons (Fsp3) is 0.444. The van der Waals surface area contributed by atoms with E-state index in [4.69, 9.17) is 23.7 Å². The number of hydrogen-bond acceptors (Lipinski definition) is 8. The molecular weight excluding hydrogens is 466 g/mol. The van der Waals surface area contributed by atoms with Crippen molar-refractivity contribution in [3.8, 4) is 34.1 Å². The van der Waals surface area contributed by atoms with Gasteiger partial charge in [-0.1, -0.05) is 6.07 Å². The minimum atomic E-state index is -0.820. The lowest BCUT2D eigenvalue weighted by Gasteiger charge is -2.31. The summed E-state index contributed by atoms with van der Waals surface area (Å²) in [5.74, 6) is 0.900. The average molecular weight is 500 g/mol. The van der Waals surface area contributed by atoms with Crippen molar-refractivity contribution in [1.82, 2.24) is 4.90 Å². The van der Waals surface area contributed by atoms with Crippen LogP contribution in [0.3, 0.4) is 0 Å². The number of rotatable bonds is 5. The van der Waals surface area contributed by atoms with Crippen LogP contribution in [0.1, 0.15) is 51.3 Å². The number of benzene rings is 1. The van der Waals surface area contributed by atoms with Crippen LogP contribution in [-0.4, -0.2) is 50.9 Å². The predicted octanol–water partition coefficient (Wildman–Crippen LogP) is 4.52. The molecule has 9 nitrogen and oxygen atoms in total. The Labute approximate surface area is 210 Å². The Morgan fingerprint density at radius 3 is 2.08 bits per heavy atom. The molecule has 194 valence electrons. The third kappa shape index (κ3) is 5.10. The maximum atomic E-state index is 13.2. The number of nitrogens with zero attached hydrogens (tertiary/aromatic N) is 1. The van der Waals surface area contributed by atoms with Crippen LogP contribution in [-0.2, 0) is 16.0 Å². The van der Waals surface area contributed by atoms with Gasteiger partial charge < -0.3 is 23.7 Å². The van der Waals surface area contributed by atoms with E-state index in [1.165, 1.54) is 41.4 Å². The Balaban J connectivity index is 2.40. The number of methoxy groups -OCH3 is 4. The smallest absolute Gasteiger partial charge is 0.417 e. The van der Waals surface area contributed by atoms with Gasteiger partial charge >= 0.3 is 6.09 Å². The first-order valence-electron chi connectivity index (χ1n) is 11.5. The van der Waals surface area contributed by atoms with Crippen molar-refractivity contribution in [1.29, 1.82) is 0 Å². The zero-order valence-corrected chi connectivity index (χ0v) is 22.0. The van der Waals surface area contributed by atoms with Gasteiger partial charge in [0.25, 0.3) is 0 Å². The topological polar surface area (TPSA) is 101 Å². The monoisotopic (exact) mass is 499 g/mol. The quantitative estimate of drug-likeness (QED) is 0.592. The molecule has 0 radical (unpaired) electrons. The third-order valence-electron chi connectivity index (χ3n) is 5.93. The summed E-state index contributed by atoms with van der Waals surface area (Å²) >= 11 is 0.